The van der Waals surface area contributed by atoms with E-state index in [2.05, 4.69) is 26.8 Å². The molecule has 0 atom stereocenters. The van der Waals surface area contributed by atoms with Gasteiger partial charge in [0.05, 0.1) is 5.56 Å². The van der Waals surface area contributed by atoms with Crippen LogP contribution in [0.15, 0.2) is 34.9 Å². The second-order valence-electron chi connectivity index (χ2n) is 6.15. The van der Waals surface area contributed by atoms with Crippen molar-refractivity contribution < 1.29 is 19.1 Å². The molecule has 4 heteroatoms. The third-order valence-electron chi connectivity index (χ3n) is 3.21. The second kappa shape index (κ2) is 5.64. The van der Waals surface area contributed by atoms with E-state index in [4.69, 9.17) is 14.3 Å². The number of carbonyl (C=O) groups is 1. The standard InChI is InChI=1S/C17H20O4/c1-11-5-6-15(14(7-11)17(2,3)4)21-10-13-8-12(9-20-13)16(18)19/h5-9H,10H2,1-4H3,(H,18,19). The first-order valence-corrected chi connectivity index (χ1v) is 6.82. The van der Waals surface area contributed by atoms with Crippen molar-refractivity contribution in [1.82, 2.24) is 0 Å². The van der Waals surface area contributed by atoms with E-state index in [0.29, 0.717) is 5.76 Å². The smallest absolute Gasteiger partial charge is 0.338 e. The first kappa shape index (κ1) is 15.2. The van der Waals surface area contributed by atoms with Crippen LogP contribution in [-0.2, 0) is 12.0 Å². The Labute approximate surface area is 124 Å². The lowest BCUT2D eigenvalue weighted by Crippen LogP contribution is -2.13. The summed E-state index contributed by atoms with van der Waals surface area (Å²) in [6, 6.07) is 7.53. The number of ether oxygens (including phenoxy) is 1. The first-order chi connectivity index (χ1) is 9.77. The van der Waals surface area contributed by atoms with E-state index in [9.17, 15) is 4.79 Å². The molecule has 0 saturated carbocycles. The van der Waals surface area contributed by atoms with E-state index >= 15 is 0 Å². The summed E-state index contributed by atoms with van der Waals surface area (Å²) in [5.74, 6) is 0.282. The highest BCUT2D eigenvalue weighted by Crippen LogP contribution is 2.32. The summed E-state index contributed by atoms with van der Waals surface area (Å²) in [5.41, 5.74) is 2.40. The van der Waals surface area contributed by atoms with Crippen molar-refractivity contribution in [3.63, 3.8) is 0 Å². The summed E-state index contributed by atoms with van der Waals surface area (Å²) in [5, 5.41) is 8.86. The van der Waals surface area contributed by atoms with Gasteiger partial charge in [0.2, 0.25) is 0 Å². The molecule has 0 unspecified atom stereocenters. The van der Waals surface area contributed by atoms with Gasteiger partial charge in [-0.1, -0.05) is 38.5 Å². The Morgan fingerprint density at radius 1 is 1.29 bits per heavy atom. The number of hydrogen-bond acceptors (Lipinski definition) is 3. The van der Waals surface area contributed by atoms with Gasteiger partial charge in [-0.2, -0.15) is 0 Å². The van der Waals surface area contributed by atoms with Crippen molar-refractivity contribution in [2.24, 2.45) is 0 Å². The minimum Gasteiger partial charge on any atom is -0.485 e. The zero-order valence-corrected chi connectivity index (χ0v) is 12.8. The van der Waals surface area contributed by atoms with Crippen LogP contribution in [0.5, 0.6) is 5.75 Å². The highest BCUT2D eigenvalue weighted by molar-refractivity contribution is 5.87. The van der Waals surface area contributed by atoms with Crippen molar-refractivity contribution in [3.05, 3.63) is 53.0 Å². The Bertz CT molecular complexity index is 647. The van der Waals surface area contributed by atoms with Crippen molar-refractivity contribution in [3.8, 4) is 5.75 Å². The molecule has 0 bridgehead atoms. The fraction of sp³-hybridized carbons (Fsp3) is 0.353. The van der Waals surface area contributed by atoms with Crippen LogP contribution in [0, 0.1) is 6.92 Å². The zero-order valence-electron chi connectivity index (χ0n) is 12.8. The minimum absolute atomic E-state index is 0.0310. The molecular formula is C17H20O4. The molecule has 0 fully saturated rings. The van der Waals surface area contributed by atoms with Crippen molar-refractivity contribution >= 4 is 5.97 Å². The molecule has 2 aromatic rings. The van der Waals surface area contributed by atoms with Gasteiger partial charge in [0.25, 0.3) is 0 Å². The zero-order chi connectivity index (χ0) is 15.6. The summed E-state index contributed by atoms with van der Waals surface area (Å²) in [6.45, 7) is 8.64. The average molecular weight is 288 g/mol. The van der Waals surface area contributed by atoms with Crippen LogP contribution in [0.25, 0.3) is 0 Å². The molecule has 0 aliphatic heterocycles. The molecule has 4 nitrogen and oxygen atoms in total. The van der Waals surface area contributed by atoms with Crippen molar-refractivity contribution in [2.75, 3.05) is 0 Å². The van der Waals surface area contributed by atoms with Crippen LogP contribution >= 0.6 is 0 Å². The monoisotopic (exact) mass is 288 g/mol. The van der Waals surface area contributed by atoms with Gasteiger partial charge in [-0.05, 0) is 30.0 Å². The van der Waals surface area contributed by atoms with Gasteiger partial charge in [-0.15, -0.1) is 0 Å². The van der Waals surface area contributed by atoms with Crippen LogP contribution in [0.2, 0.25) is 0 Å². The summed E-state index contributed by atoms with van der Waals surface area (Å²) in [6.07, 6.45) is 1.22. The highest BCUT2D eigenvalue weighted by Gasteiger charge is 2.19. The Balaban J connectivity index is 2.18. The summed E-state index contributed by atoms with van der Waals surface area (Å²) in [4.78, 5) is 10.8. The number of furan rings is 1. The number of rotatable bonds is 4. The van der Waals surface area contributed by atoms with E-state index in [0.717, 1.165) is 11.3 Å². The Morgan fingerprint density at radius 2 is 2.00 bits per heavy atom. The lowest BCUT2D eigenvalue weighted by atomic mass is 9.85. The molecule has 1 heterocycles. The normalized spacial score (nSPS) is 11.4. The maximum atomic E-state index is 10.8. The van der Waals surface area contributed by atoms with Crippen LogP contribution in [0.3, 0.4) is 0 Å². The van der Waals surface area contributed by atoms with Gasteiger partial charge in [0, 0.05) is 0 Å². The van der Waals surface area contributed by atoms with Gasteiger partial charge in [-0.3, -0.25) is 0 Å². The summed E-state index contributed by atoms with van der Waals surface area (Å²) < 4.78 is 11.0. The second-order valence-corrected chi connectivity index (χ2v) is 6.15. The van der Waals surface area contributed by atoms with Gasteiger partial charge >= 0.3 is 5.97 Å². The number of aromatic carboxylic acids is 1. The van der Waals surface area contributed by atoms with Gasteiger partial charge in [0.1, 0.15) is 24.4 Å². The number of aryl methyl sites for hydroxylation is 1. The lowest BCUT2D eigenvalue weighted by molar-refractivity contribution is 0.0696. The molecule has 1 aromatic heterocycles. The summed E-state index contributed by atoms with van der Waals surface area (Å²) in [7, 11) is 0. The molecule has 21 heavy (non-hydrogen) atoms. The minimum atomic E-state index is -1.00. The van der Waals surface area contributed by atoms with E-state index < -0.39 is 5.97 Å². The SMILES string of the molecule is Cc1ccc(OCc2cc(C(=O)O)co2)c(C(C)(C)C)c1. The maximum absolute atomic E-state index is 10.8. The van der Waals surface area contributed by atoms with Crippen molar-refractivity contribution in [2.45, 2.75) is 39.7 Å². The molecule has 0 aliphatic rings. The van der Waals surface area contributed by atoms with E-state index in [1.54, 1.807) is 0 Å². The fourth-order valence-corrected chi connectivity index (χ4v) is 2.07. The predicted octanol–water partition coefficient (Wildman–Crippen LogP) is 4.16. The van der Waals surface area contributed by atoms with Gasteiger partial charge < -0.3 is 14.3 Å². The molecular weight excluding hydrogens is 268 g/mol. The van der Waals surface area contributed by atoms with E-state index in [-0.39, 0.29) is 17.6 Å². The average Bonchev–Trinajstić information content (AvgIpc) is 2.85. The van der Waals surface area contributed by atoms with Gasteiger partial charge in [-0.25, -0.2) is 4.79 Å². The van der Waals surface area contributed by atoms with Crippen LogP contribution < -0.4 is 4.74 Å². The Morgan fingerprint density at radius 3 is 2.57 bits per heavy atom. The molecule has 2 rings (SSSR count). The lowest BCUT2D eigenvalue weighted by Gasteiger charge is -2.23. The van der Waals surface area contributed by atoms with Crippen molar-refractivity contribution in [1.29, 1.82) is 0 Å². The topological polar surface area (TPSA) is 59.7 Å². The molecule has 1 aromatic carbocycles. The molecule has 0 radical (unpaired) electrons. The fourth-order valence-electron chi connectivity index (χ4n) is 2.07. The Hall–Kier alpha value is -2.23. The Kier molecular flexibility index (Phi) is 4.07. The number of carboxylic acid groups (broad SMARTS) is 1. The largest absolute Gasteiger partial charge is 0.485 e. The maximum Gasteiger partial charge on any atom is 0.338 e. The first-order valence-electron chi connectivity index (χ1n) is 6.82. The number of carboxylic acids is 1. The number of hydrogen-bond donors (Lipinski definition) is 1. The highest BCUT2D eigenvalue weighted by atomic mass is 16.5. The molecule has 0 saturated heterocycles. The molecule has 1 N–H and O–H groups in total. The summed E-state index contributed by atoms with van der Waals surface area (Å²) >= 11 is 0. The van der Waals surface area contributed by atoms with Crippen LogP contribution in [0.4, 0.5) is 0 Å². The van der Waals surface area contributed by atoms with Gasteiger partial charge in [0.15, 0.2) is 0 Å². The predicted molar refractivity (Wildman–Crippen MR) is 79.9 cm³/mol. The van der Waals surface area contributed by atoms with Crippen LogP contribution in [0.1, 0.15) is 48.0 Å². The van der Waals surface area contributed by atoms with Crippen LogP contribution in [-0.4, -0.2) is 11.1 Å². The van der Waals surface area contributed by atoms with E-state index in [1.807, 2.05) is 19.1 Å². The molecule has 0 amide bonds. The molecule has 0 spiro atoms. The van der Waals surface area contributed by atoms with E-state index in [1.165, 1.54) is 17.9 Å². The third-order valence-corrected chi connectivity index (χ3v) is 3.21. The molecule has 0 aliphatic carbocycles. The third kappa shape index (κ3) is 3.66. The molecule has 112 valence electrons. The quantitative estimate of drug-likeness (QED) is 0.917. The number of benzene rings is 1.